The van der Waals surface area contributed by atoms with Gasteiger partial charge in [0.05, 0.1) is 11.9 Å². The summed E-state index contributed by atoms with van der Waals surface area (Å²) in [6, 6.07) is 1.74. The summed E-state index contributed by atoms with van der Waals surface area (Å²) in [7, 11) is 0. The molecule has 0 bridgehead atoms. The van der Waals surface area contributed by atoms with Gasteiger partial charge in [-0.05, 0) is 6.92 Å². The smallest absolute Gasteiger partial charge is 0.145 e. The third-order valence-corrected chi connectivity index (χ3v) is 1.66. The molecule has 0 aliphatic rings. The zero-order valence-corrected chi connectivity index (χ0v) is 6.65. The van der Waals surface area contributed by atoms with Gasteiger partial charge in [-0.1, -0.05) is 0 Å². The SMILES string of the molecule is Cc1[nH]ncc1-n1ccc(N)n1. The van der Waals surface area contributed by atoms with Crippen LogP contribution in [-0.2, 0) is 0 Å². The number of aromatic amines is 1. The second kappa shape index (κ2) is 2.37. The van der Waals surface area contributed by atoms with Gasteiger partial charge >= 0.3 is 0 Å². The normalized spacial score (nSPS) is 10.4. The molecule has 0 aliphatic heterocycles. The van der Waals surface area contributed by atoms with Crippen molar-refractivity contribution in [3.63, 3.8) is 0 Å². The Bertz CT molecular complexity index is 386. The third-order valence-electron chi connectivity index (χ3n) is 1.66. The fourth-order valence-electron chi connectivity index (χ4n) is 1.05. The highest BCUT2D eigenvalue weighted by atomic mass is 15.3. The second-order valence-electron chi connectivity index (χ2n) is 2.57. The highest BCUT2D eigenvalue weighted by molar-refractivity contribution is 5.35. The molecule has 12 heavy (non-hydrogen) atoms. The Morgan fingerprint density at radius 3 is 2.92 bits per heavy atom. The number of rotatable bonds is 1. The molecule has 0 spiro atoms. The summed E-state index contributed by atoms with van der Waals surface area (Å²) >= 11 is 0. The van der Waals surface area contributed by atoms with Gasteiger partial charge in [0, 0.05) is 12.3 Å². The van der Waals surface area contributed by atoms with Gasteiger partial charge in [-0.15, -0.1) is 0 Å². The summed E-state index contributed by atoms with van der Waals surface area (Å²) in [6.07, 6.45) is 3.51. The Kier molecular flexibility index (Phi) is 1.36. The number of hydrogen-bond donors (Lipinski definition) is 2. The maximum Gasteiger partial charge on any atom is 0.145 e. The van der Waals surface area contributed by atoms with E-state index < -0.39 is 0 Å². The van der Waals surface area contributed by atoms with Crippen LogP contribution in [0.3, 0.4) is 0 Å². The van der Waals surface area contributed by atoms with Gasteiger partial charge < -0.3 is 5.73 Å². The van der Waals surface area contributed by atoms with E-state index >= 15 is 0 Å². The van der Waals surface area contributed by atoms with Crippen molar-refractivity contribution < 1.29 is 0 Å². The molecule has 0 aliphatic carbocycles. The van der Waals surface area contributed by atoms with Gasteiger partial charge in [-0.2, -0.15) is 10.2 Å². The predicted molar refractivity (Wildman–Crippen MR) is 44.9 cm³/mol. The number of nitrogen functional groups attached to an aromatic ring is 1. The van der Waals surface area contributed by atoms with E-state index in [1.165, 1.54) is 0 Å². The molecule has 0 radical (unpaired) electrons. The first-order chi connectivity index (χ1) is 5.77. The van der Waals surface area contributed by atoms with Crippen LogP contribution in [0.2, 0.25) is 0 Å². The van der Waals surface area contributed by atoms with Crippen LogP contribution in [0.5, 0.6) is 0 Å². The third kappa shape index (κ3) is 0.952. The molecule has 0 saturated carbocycles. The molecule has 0 aromatic carbocycles. The summed E-state index contributed by atoms with van der Waals surface area (Å²) in [5, 5.41) is 10.8. The van der Waals surface area contributed by atoms with Crippen molar-refractivity contribution in [1.29, 1.82) is 0 Å². The number of anilines is 1. The molecule has 0 unspecified atom stereocenters. The Labute approximate surface area is 69.2 Å². The first-order valence-corrected chi connectivity index (χ1v) is 3.59. The molecule has 0 fully saturated rings. The lowest BCUT2D eigenvalue weighted by Crippen LogP contribution is -1.96. The van der Waals surface area contributed by atoms with Crippen LogP contribution in [0.15, 0.2) is 18.5 Å². The van der Waals surface area contributed by atoms with Gasteiger partial charge in [-0.25, -0.2) is 4.68 Å². The van der Waals surface area contributed by atoms with Crippen LogP contribution in [0.25, 0.3) is 5.69 Å². The van der Waals surface area contributed by atoms with Crippen LogP contribution >= 0.6 is 0 Å². The average Bonchev–Trinajstić information content (AvgIpc) is 2.58. The van der Waals surface area contributed by atoms with Crippen molar-refractivity contribution in [3.05, 3.63) is 24.2 Å². The number of aryl methyl sites for hydroxylation is 1. The summed E-state index contributed by atoms with van der Waals surface area (Å²) in [4.78, 5) is 0. The molecular weight excluding hydrogens is 154 g/mol. The Hall–Kier alpha value is -1.78. The van der Waals surface area contributed by atoms with Crippen molar-refractivity contribution in [3.8, 4) is 5.69 Å². The van der Waals surface area contributed by atoms with E-state index in [2.05, 4.69) is 15.3 Å². The van der Waals surface area contributed by atoms with Gasteiger partial charge in [0.25, 0.3) is 0 Å². The first-order valence-electron chi connectivity index (χ1n) is 3.59. The fraction of sp³-hybridized carbons (Fsp3) is 0.143. The van der Waals surface area contributed by atoms with E-state index in [0.29, 0.717) is 5.82 Å². The predicted octanol–water partition coefficient (Wildman–Crippen LogP) is 0.486. The van der Waals surface area contributed by atoms with Crippen molar-refractivity contribution >= 4 is 5.82 Å². The monoisotopic (exact) mass is 163 g/mol. The largest absolute Gasteiger partial charge is 0.382 e. The van der Waals surface area contributed by atoms with Crippen molar-refractivity contribution in [2.75, 3.05) is 5.73 Å². The fourth-order valence-corrected chi connectivity index (χ4v) is 1.05. The molecule has 5 heteroatoms. The van der Waals surface area contributed by atoms with Crippen LogP contribution < -0.4 is 5.73 Å². The Morgan fingerprint density at radius 2 is 2.42 bits per heavy atom. The Balaban J connectivity index is 2.50. The molecule has 2 rings (SSSR count). The molecule has 5 nitrogen and oxygen atoms in total. The molecule has 3 N–H and O–H groups in total. The minimum atomic E-state index is 0.510. The van der Waals surface area contributed by atoms with E-state index in [4.69, 9.17) is 5.73 Å². The lowest BCUT2D eigenvalue weighted by molar-refractivity contribution is 0.878. The number of hydrogen-bond acceptors (Lipinski definition) is 3. The van der Waals surface area contributed by atoms with Crippen molar-refractivity contribution in [1.82, 2.24) is 20.0 Å². The molecule has 2 aromatic heterocycles. The minimum Gasteiger partial charge on any atom is -0.382 e. The van der Waals surface area contributed by atoms with E-state index in [-0.39, 0.29) is 0 Å². The molecule has 2 heterocycles. The van der Waals surface area contributed by atoms with E-state index in [9.17, 15) is 0 Å². The highest BCUT2D eigenvalue weighted by Crippen LogP contribution is 2.09. The highest BCUT2D eigenvalue weighted by Gasteiger charge is 2.02. The maximum absolute atomic E-state index is 5.47. The summed E-state index contributed by atoms with van der Waals surface area (Å²) in [5.74, 6) is 0.510. The molecule has 2 aromatic rings. The molecule has 0 atom stereocenters. The summed E-state index contributed by atoms with van der Waals surface area (Å²) in [6.45, 7) is 1.93. The van der Waals surface area contributed by atoms with Crippen molar-refractivity contribution in [2.24, 2.45) is 0 Å². The Morgan fingerprint density at radius 1 is 1.58 bits per heavy atom. The van der Waals surface area contributed by atoms with Crippen LogP contribution in [0.4, 0.5) is 5.82 Å². The number of nitrogens with zero attached hydrogens (tertiary/aromatic N) is 3. The standard InChI is InChI=1S/C7H9N5/c1-5-6(4-9-10-5)12-3-2-7(8)11-12/h2-4H,1H3,(H2,8,11)(H,9,10). The van der Waals surface area contributed by atoms with E-state index in [1.807, 2.05) is 6.92 Å². The lowest BCUT2D eigenvalue weighted by atomic mass is 10.4. The average molecular weight is 163 g/mol. The topological polar surface area (TPSA) is 72.5 Å². The van der Waals surface area contributed by atoms with E-state index in [0.717, 1.165) is 11.4 Å². The number of nitrogens with one attached hydrogen (secondary N) is 1. The van der Waals surface area contributed by atoms with Crippen LogP contribution in [0, 0.1) is 6.92 Å². The van der Waals surface area contributed by atoms with Gasteiger partial charge in [0.15, 0.2) is 0 Å². The number of H-pyrrole nitrogens is 1. The zero-order valence-electron chi connectivity index (χ0n) is 6.65. The van der Waals surface area contributed by atoms with Gasteiger partial charge in [-0.3, -0.25) is 5.10 Å². The zero-order chi connectivity index (χ0) is 8.55. The first kappa shape index (κ1) is 6.90. The number of nitrogens with two attached hydrogens (primary N) is 1. The maximum atomic E-state index is 5.47. The summed E-state index contributed by atoms with van der Waals surface area (Å²) < 4.78 is 1.69. The van der Waals surface area contributed by atoms with Crippen LogP contribution in [-0.4, -0.2) is 20.0 Å². The quantitative estimate of drug-likeness (QED) is 0.642. The number of aromatic nitrogens is 4. The van der Waals surface area contributed by atoms with Crippen LogP contribution in [0.1, 0.15) is 5.69 Å². The van der Waals surface area contributed by atoms with Gasteiger partial charge in [0.2, 0.25) is 0 Å². The van der Waals surface area contributed by atoms with E-state index in [1.54, 1.807) is 23.1 Å². The summed E-state index contributed by atoms with van der Waals surface area (Å²) in [5.41, 5.74) is 7.37. The lowest BCUT2D eigenvalue weighted by Gasteiger charge is -1.95. The second-order valence-corrected chi connectivity index (χ2v) is 2.57. The van der Waals surface area contributed by atoms with Crippen molar-refractivity contribution in [2.45, 2.75) is 6.92 Å². The molecule has 0 saturated heterocycles. The van der Waals surface area contributed by atoms with Gasteiger partial charge in [0.1, 0.15) is 11.5 Å². The molecule has 62 valence electrons. The molecule has 0 amide bonds. The molecular formula is C7H9N5. The minimum absolute atomic E-state index is 0.510.